The first-order valence-electron chi connectivity index (χ1n) is 10.9. The molecule has 2 nitrogen and oxygen atoms in total. The Hall–Kier alpha value is -4.17. The minimum atomic E-state index is 0.997. The lowest BCUT2D eigenvalue weighted by Crippen LogP contribution is -1.98. The summed E-state index contributed by atoms with van der Waals surface area (Å²) in [6.45, 7) is 6.27. The maximum atomic E-state index is 4.76. The Morgan fingerprint density at radius 1 is 0.812 bits per heavy atom. The molecule has 0 radical (unpaired) electrons. The van der Waals surface area contributed by atoms with Crippen molar-refractivity contribution < 1.29 is 0 Å². The number of hydrogen-bond donors (Lipinski definition) is 0. The first kappa shape index (κ1) is 18.6. The molecule has 0 bridgehead atoms. The highest BCUT2D eigenvalue weighted by Gasteiger charge is 2.20. The van der Waals surface area contributed by atoms with Crippen molar-refractivity contribution in [3.8, 4) is 5.69 Å². The van der Waals surface area contributed by atoms with Crippen molar-refractivity contribution in [2.45, 2.75) is 6.92 Å². The second kappa shape index (κ2) is 7.21. The summed E-state index contributed by atoms with van der Waals surface area (Å²) in [5, 5.41) is 7.38. The number of nitrogens with zero attached hydrogens (tertiary/aromatic N) is 2. The normalized spacial score (nSPS) is 11.9. The number of benzene rings is 4. The molecule has 0 spiro atoms. The smallest absolute Gasteiger partial charge is 0.0703 e. The largest absolute Gasteiger partial charge is 0.307 e. The van der Waals surface area contributed by atoms with E-state index in [2.05, 4.69) is 103 Å². The van der Waals surface area contributed by atoms with Gasteiger partial charge in [-0.3, -0.25) is 4.98 Å². The molecule has 0 saturated heterocycles. The zero-order chi connectivity index (χ0) is 21.7. The van der Waals surface area contributed by atoms with Crippen molar-refractivity contribution in [1.29, 1.82) is 0 Å². The van der Waals surface area contributed by atoms with Crippen LogP contribution in [-0.2, 0) is 0 Å². The van der Waals surface area contributed by atoms with Crippen LogP contribution in [0.4, 0.5) is 0 Å². The predicted molar refractivity (Wildman–Crippen MR) is 138 cm³/mol. The molecule has 0 saturated carbocycles. The molecule has 0 N–H and O–H groups in total. The lowest BCUT2D eigenvalue weighted by Gasteiger charge is -2.13. The Bertz CT molecular complexity index is 1700. The maximum Gasteiger partial charge on any atom is 0.0703 e. The van der Waals surface area contributed by atoms with Gasteiger partial charge in [0.2, 0.25) is 0 Å². The summed E-state index contributed by atoms with van der Waals surface area (Å²) < 4.78 is 2.33. The SMILES string of the molecule is C=Cc1c(/C=C\C)c2c3ccccc3c3ccccc3c2n1-c1cnc2ccccc2c1. The Morgan fingerprint density at radius 2 is 1.47 bits per heavy atom. The summed E-state index contributed by atoms with van der Waals surface area (Å²) >= 11 is 0. The molecular formula is C30H22N2. The van der Waals surface area contributed by atoms with E-state index in [1.807, 2.05) is 18.3 Å². The van der Waals surface area contributed by atoms with Gasteiger partial charge in [0.05, 0.1) is 28.6 Å². The molecule has 0 aliphatic rings. The van der Waals surface area contributed by atoms with Crippen LogP contribution in [0.2, 0.25) is 0 Å². The van der Waals surface area contributed by atoms with E-state index in [0.29, 0.717) is 0 Å². The van der Waals surface area contributed by atoms with Gasteiger partial charge in [-0.2, -0.15) is 0 Å². The van der Waals surface area contributed by atoms with Gasteiger partial charge in [0, 0.05) is 21.7 Å². The minimum absolute atomic E-state index is 0.997. The van der Waals surface area contributed by atoms with E-state index in [9.17, 15) is 0 Å². The Balaban J connectivity index is 1.90. The van der Waals surface area contributed by atoms with Crippen LogP contribution in [0.25, 0.3) is 61.2 Å². The second-order valence-electron chi connectivity index (χ2n) is 8.04. The third kappa shape index (κ3) is 2.56. The molecule has 0 aliphatic heterocycles. The number of aromatic nitrogens is 2. The van der Waals surface area contributed by atoms with Crippen LogP contribution in [0.3, 0.4) is 0 Å². The van der Waals surface area contributed by atoms with E-state index in [-0.39, 0.29) is 0 Å². The summed E-state index contributed by atoms with van der Waals surface area (Å²) in [5.41, 5.74) is 5.50. The third-order valence-electron chi connectivity index (χ3n) is 6.28. The van der Waals surface area contributed by atoms with Crippen LogP contribution in [0, 0.1) is 0 Å². The van der Waals surface area contributed by atoms with Gasteiger partial charge in [-0.1, -0.05) is 85.5 Å². The second-order valence-corrected chi connectivity index (χ2v) is 8.04. The van der Waals surface area contributed by atoms with Crippen molar-refractivity contribution in [3.63, 3.8) is 0 Å². The van der Waals surface area contributed by atoms with Crippen molar-refractivity contribution in [2.24, 2.45) is 0 Å². The Labute approximate surface area is 186 Å². The van der Waals surface area contributed by atoms with Crippen molar-refractivity contribution in [2.75, 3.05) is 0 Å². The number of fused-ring (bicyclic) bond motifs is 7. The Kier molecular flexibility index (Phi) is 4.19. The Morgan fingerprint density at radius 3 is 2.22 bits per heavy atom. The summed E-state index contributed by atoms with van der Waals surface area (Å²) in [6, 6.07) is 27.8. The average Bonchev–Trinajstić information content (AvgIpc) is 3.18. The number of pyridine rings is 1. The first-order chi connectivity index (χ1) is 15.8. The summed E-state index contributed by atoms with van der Waals surface area (Å²) in [6.07, 6.45) is 8.24. The van der Waals surface area contributed by atoms with Crippen LogP contribution >= 0.6 is 0 Å². The van der Waals surface area contributed by atoms with E-state index < -0.39 is 0 Å². The zero-order valence-electron chi connectivity index (χ0n) is 17.9. The molecule has 6 aromatic rings. The van der Waals surface area contributed by atoms with Gasteiger partial charge < -0.3 is 4.57 Å². The quantitative estimate of drug-likeness (QED) is 0.269. The molecule has 0 unspecified atom stereocenters. The fourth-order valence-electron chi connectivity index (χ4n) is 4.98. The number of allylic oxidation sites excluding steroid dienone is 1. The third-order valence-corrected chi connectivity index (χ3v) is 6.28. The fourth-order valence-corrected chi connectivity index (χ4v) is 4.98. The highest BCUT2D eigenvalue weighted by molar-refractivity contribution is 6.27. The molecule has 2 heterocycles. The number of hydrogen-bond acceptors (Lipinski definition) is 1. The van der Waals surface area contributed by atoms with Gasteiger partial charge in [0.1, 0.15) is 0 Å². The van der Waals surface area contributed by atoms with Crippen LogP contribution in [0.15, 0.2) is 97.7 Å². The monoisotopic (exact) mass is 410 g/mol. The van der Waals surface area contributed by atoms with E-state index >= 15 is 0 Å². The van der Waals surface area contributed by atoms with E-state index in [1.54, 1.807) is 0 Å². The van der Waals surface area contributed by atoms with Crippen LogP contribution < -0.4 is 0 Å². The molecule has 2 heteroatoms. The molecule has 4 aromatic carbocycles. The molecule has 0 aliphatic carbocycles. The average molecular weight is 411 g/mol. The lowest BCUT2D eigenvalue weighted by atomic mass is 9.96. The molecule has 0 atom stereocenters. The van der Waals surface area contributed by atoms with Crippen LogP contribution in [0.5, 0.6) is 0 Å². The molecule has 0 amide bonds. The van der Waals surface area contributed by atoms with E-state index in [4.69, 9.17) is 4.98 Å². The molecule has 6 rings (SSSR count). The van der Waals surface area contributed by atoms with Gasteiger partial charge in [0.15, 0.2) is 0 Å². The summed E-state index contributed by atoms with van der Waals surface area (Å²) in [4.78, 5) is 4.76. The summed E-state index contributed by atoms with van der Waals surface area (Å²) in [7, 11) is 0. The molecular weight excluding hydrogens is 388 g/mol. The van der Waals surface area contributed by atoms with E-state index in [1.165, 1.54) is 38.0 Å². The van der Waals surface area contributed by atoms with Crippen molar-refractivity contribution in [3.05, 3.63) is 109 Å². The predicted octanol–water partition coefficient (Wildman–Crippen LogP) is 8.16. The van der Waals surface area contributed by atoms with Gasteiger partial charge in [0.25, 0.3) is 0 Å². The lowest BCUT2D eigenvalue weighted by molar-refractivity contribution is 1.10. The molecule has 152 valence electrons. The number of rotatable bonds is 3. The van der Waals surface area contributed by atoms with E-state index in [0.717, 1.165) is 22.3 Å². The summed E-state index contributed by atoms with van der Waals surface area (Å²) in [5.74, 6) is 0. The highest BCUT2D eigenvalue weighted by atomic mass is 15.0. The molecule has 2 aromatic heterocycles. The first-order valence-corrected chi connectivity index (χ1v) is 10.9. The zero-order valence-corrected chi connectivity index (χ0v) is 17.9. The van der Waals surface area contributed by atoms with Gasteiger partial charge in [-0.25, -0.2) is 0 Å². The number of para-hydroxylation sites is 1. The van der Waals surface area contributed by atoms with Crippen molar-refractivity contribution in [1.82, 2.24) is 9.55 Å². The fraction of sp³-hybridized carbons (Fsp3) is 0.0333. The van der Waals surface area contributed by atoms with Crippen LogP contribution in [-0.4, -0.2) is 9.55 Å². The standard InChI is InChI=1S/C30H22N2/c1-3-11-26-28(4-2)32(21-18-20-12-5-10-17-27(20)31-19-21)30-25-16-9-7-14-23(25)22-13-6-8-15-24(22)29(26)30/h3-19H,2H2,1H3/b11-3-. The highest BCUT2D eigenvalue weighted by Crippen LogP contribution is 2.42. The minimum Gasteiger partial charge on any atom is -0.307 e. The van der Waals surface area contributed by atoms with Gasteiger partial charge in [-0.05, 0) is 41.3 Å². The topological polar surface area (TPSA) is 17.8 Å². The molecule has 32 heavy (non-hydrogen) atoms. The maximum absolute atomic E-state index is 4.76. The van der Waals surface area contributed by atoms with Crippen molar-refractivity contribution >= 4 is 55.5 Å². The van der Waals surface area contributed by atoms with Crippen LogP contribution in [0.1, 0.15) is 18.2 Å². The molecule has 0 fully saturated rings. The van der Waals surface area contributed by atoms with Gasteiger partial charge >= 0.3 is 0 Å². The van der Waals surface area contributed by atoms with Gasteiger partial charge in [-0.15, -0.1) is 0 Å².